The van der Waals surface area contributed by atoms with Crippen molar-refractivity contribution in [1.82, 2.24) is 5.32 Å². The predicted molar refractivity (Wildman–Crippen MR) is 94.2 cm³/mol. The molecule has 0 amide bonds. The Hall–Kier alpha value is -0.200. The van der Waals surface area contributed by atoms with Gasteiger partial charge in [-0.3, -0.25) is 0 Å². The lowest BCUT2D eigenvalue weighted by Crippen LogP contribution is -3.24. The van der Waals surface area contributed by atoms with Gasteiger partial charge in [-0.25, -0.2) is 0 Å². The highest BCUT2D eigenvalue weighted by Crippen LogP contribution is 2.28. The Bertz CT molecular complexity index is 370. The maximum absolute atomic E-state index is 12.6. The summed E-state index contributed by atoms with van der Waals surface area (Å²) in [6.07, 6.45) is 3.56. The van der Waals surface area contributed by atoms with Crippen LogP contribution in [0.15, 0.2) is 0 Å². The molecule has 0 radical (unpaired) electrons. The summed E-state index contributed by atoms with van der Waals surface area (Å²) in [4.78, 5) is 0. The summed E-state index contributed by atoms with van der Waals surface area (Å²) < 4.78 is 0. The molecule has 2 heterocycles. The molecule has 0 spiro atoms. The molecule has 0 saturated carbocycles. The second-order valence-corrected chi connectivity index (χ2v) is 10.6. The lowest BCUT2D eigenvalue weighted by Gasteiger charge is -2.57. The average molecular weight is 328 g/mol. The van der Waals surface area contributed by atoms with E-state index in [1.807, 2.05) is 0 Å². The fourth-order valence-electron chi connectivity index (χ4n) is 5.38. The third-order valence-electron chi connectivity index (χ3n) is 5.96. The Morgan fingerprint density at radius 3 is 1.04 bits per heavy atom. The van der Waals surface area contributed by atoms with Gasteiger partial charge in [0.05, 0.1) is 22.2 Å². The fraction of sp³-hybridized carbons (Fsp3) is 1.00. The maximum atomic E-state index is 12.6. The van der Waals surface area contributed by atoms with E-state index in [9.17, 15) is 10.4 Å². The molecular weight excluding hydrogens is 290 g/mol. The number of hydrogen-bond donors (Lipinski definition) is 3. The number of hydrogen-bond acceptors (Lipinski definition) is 3. The summed E-state index contributed by atoms with van der Waals surface area (Å²) in [6.45, 7) is 16.6. The average Bonchev–Trinajstić information content (AvgIpc) is 2.31. The molecule has 2 aliphatic rings. The first-order chi connectivity index (χ1) is 10.2. The van der Waals surface area contributed by atoms with Gasteiger partial charge in [-0.2, -0.15) is 0 Å². The SMILES string of the molecule is CC1(C)CC(NC2CC(C)(C)[NH+]([O-])C(C)(C)C2)CC(C)(C)[NH+]1[O-]. The largest absolute Gasteiger partial charge is 0.634 e. The van der Waals surface area contributed by atoms with Gasteiger partial charge in [0.25, 0.3) is 0 Å². The fourth-order valence-corrected chi connectivity index (χ4v) is 5.38. The molecule has 23 heavy (non-hydrogen) atoms. The van der Waals surface area contributed by atoms with Crippen LogP contribution in [-0.2, 0) is 0 Å². The molecule has 2 saturated heterocycles. The minimum Gasteiger partial charge on any atom is -0.634 e. The van der Waals surface area contributed by atoms with Crippen molar-refractivity contribution in [2.75, 3.05) is 0 Å². The highest BCUT2D eigenvalue weighted by Gasteiger charge is 2.49. The second-order valence-electron chi connectivity index (χ2n) is 10.6. The molecule has 0 aromatic rings. The molecule has 136 valence electrons. The van der Waals surface area contributed by atoms with Crippen molar-refractivity contribution in [2.45, 2.75) is 115 Å². The van der Waals surface area contributed by atoms with Crippen LogP contribution < -0.4 is 15.4 Å². The zero-order valence-electron chi connectivity index (χ0n) is 16.3. The summed E-state index contributed by atoms with van der Waals surface area (Å²) in [7, 11) is 0. The van der Waals surface area contributed by atoms with Crippen LogP contribution >= 0.6 is 0 Å². The van der Waals surface area contributed by atoms with Crippen LogP contribution in [0.5, 0.6) is 0 Å². The molecule has 2 rings (SSSR count). The molecule has 0 aromatic carbocycles. The van der Waals surface area contributed by atoms with E-state index in [1.165, 1.54) is 0 Å². The third-order valence-corrected chi connectivity index (χ3v) is 5.96. The van der Waals surface area contributed by atoms with Gasteiger partial charge in [-0.05, 0) is 55.4 Å². The number of hydroxylamine groups is 4. The first kappa shape index (κ1) is 19.1. The minimum absolute atomic E-state index is 0.269. The van der Waals surface area contributed by atoms with Gasteiger partial charge in [0.1, 0.15) is 0 Å². The Balaban J connectivity index is 2.10. The van der Waals surface area contributed by atoms with Crippen LogP contribution in [0.2, 0.25) is 0 Å². The highest BCUT2D eigenvalue weighted by molar-refractivity contribution is 4.95. The standard InChI is InChI=1S/C18H37N3O2/c1-15(2)9-13(10-16(3,4)20(15)22)19-14-11-17(5,6)21(23)18(7,8)12-14/h13-14,19-21H,9-12H2,1-8H3. The van der Waals surface area contributed by atoms with Crippen molar-refractivity contribution in [3.8, 4) is 0 Å². The quantitative estimate of drug-likeness (QED) is 0.657. The minimum atomic E-state index is -0.269. The Morgan fingerprint density at radius 1 is 0.609 bits per heavy atom. The van der Waals surface area contributed by atoms with Crippen LogP contribution in [0.3, 0.4) is 0 Å². The highest BCUT2D eigenvalue weighted by atomic mass is 16.5. The number of nitrogens with one attached hydrogen (secondary N) is 3. The molecule has 0 bridgehead atoms. The van der Waals surface area contributed by atoms with E-state index in [-0.39, 0.29) is 22.2 Å². The van der Waals surface area contributed by atoms with Crippen molar-refractivity contribution in [2.24, 2.45) is 0 Å². The lowest BCUT2D eigenvalue weighted by molar-refractivity contribution is -0.956. The Kier molecular flexibility index (Phi) is 4.71. The lowest BCUT2D eigenvalue weighted by atomic mass is 9.76. The molecule has 5 nitrogen and oxygen atoms in total. The maximum Gasteiger partial charge on any atom is 0.0936 e. The van der Waals surface area contributed by atoms with Gasteiger partial charge in [0, 0.05) is 37.8 Å². The Labute approximate surface area is 141 Å². The van der Waals surface area contributed by atoms with Crippen LogP contribution in [0.25, 0.3) is 0 Å². The number of piperidine rings is 2. The summed E-state index contributed by atoms with van der Waals surface area (Å²) in [5, 5.41) is 29.7. The van der Waals surface area contributed by atoms with Gasteiger partial charge in [0.2, 0.25) is 0 Å². The van der Waals surface area contributed by atoms with E-state index >= 15 is 0 Å². The van der Waals surface area contributed by atoms with Crippen molar-refractivity contribution in [1.29, 1.82) is 0 Å². The van der Waals surface area contributed by atoms with Crippen LogP contribution in [0.1, 0.15) is 81.1 Å². The molecule has 0 atom stereocenters. The zero-order chi connectivity index (χ0) is 17.8. The molecule has 0 aliphatic carbocycles. The first-order valence-corrected chi connectivity index (χ1v) is 9.03. The molecule has 0 unspecified atom stereocenters. The molecule has 0 aromatic heterocycles. The van der Waals surface area contributed by atoms with E-state index in [0.29, 0.717) is 22.2 Å². The van der Waals surface area contributed by atoms with Crippen molar-refractivity contribution >= 4 is 0 Å². The van der Waals surface area contributed by atoms with Gasteiger partial charge in [-0.1, -0.05) is 0 Å². The summed E-state index contributed by atoms with van der Waals surface area (Å²) in [6, 6.07) is 0.699. The number of quaternary nitrogens is 2. The third kappa shape index (κ3) is 3.74. The van der Waals surface area contributed by atoms with E-state index in [2.05, 4.69) is 60.7 Å². The van der Waals surface area contributed by atoms with E-state index < -0.39 is 0 Å². The monoisotopic (exact) mass is 327 g/mol. The summed E-state index contributed by atoms with van der Waals surface area (Å²) in [5.41, 5.74) is -1.08. The molecule has 2 fully saturated rings. The van der Waals surface area contributed by atoms with Crippen molar-refractivity contribution in [3.63, 3.8) is 0 Å². The molecule has 5 heteroatoms. The predicted octanol–water partition coefficient (Wildman–Crippen LogP) is 0.781. The van der Waals surface area contributed by atoms with Gasteiger partial charge in [-0.15, -0.1) is 0 Å². The molecular formula is C18H37N3O2. The van der Waals surface area contributed by atoms with Gasteiger partial charge < -0.3 is 25.9 Å². The summed E-state index contributed by atoms with van der Waals surface area (Å²) in [5.74, 6) is 0. The smallest absolute Gasteiger partial charge is 0.0936 e. The van der Waals surface area contributed by atoms with Crippen molar-refractivity contribution < 1.29 is 10.1 Å². The first-order valence-electron chi connectivity index (χ1n) is 9.03. The normalized spacial score (nSPS) is 41.5. The zero-order valence-corrected chi connectivity index (χ0v) is 16.3. The summed E-state index contributed by atoms with van der Waals surface area (Å²) >= 11 is 0. The topological polar surface area (TPSA) is 67.0 Å². The number of rotatable bonds is 2. The molecule has 3 N–H and O–H groups in total. The Morgan fingerprint density at radius 2 is 0.826 bits per heavy atom. The van der Waals surface area contributed by atoms with E-state index in [4.69, 9.17) is 0 Å². The van der Waals surface area contributed by atoms with Crippen molar-refractivity contribution in [3.05, 3.63) is 10.4 Å². The van der Waals surface area contributed by atoms with Gasteiger partial charge >= 0.3 is 0 Å². The molecule has 2 aliphatic heterocycles. The van der Waals surface area contributed by atoms with E-state index in [1.54, 1.807) is 0 Å². The van der Waals surface area contributed by atoms with E-state index in [0.717, 1.165) is 25.7 Å². The van der Waals surface area contributed by atoms with Crippen LogP contribution in [0, 0.1) is 10.4 Å². The van der Waals surface area contributed by atoms with Crippen LogP contribution in [0.4, 0.5) is 0 Å². The van der Waals surface area contributed by atoms with Crippen LogP contribution in [-0.4, -0.2) is 34.2 Å². The second kappa shape index (κ2) is 5.67. The van der Waals surface area contributed by atoms with Gasteiger partial charge in [0.15, 0.2) is 0 Å².